The lowest BCUT2D eigenvalue weighted by atomic mass is 10.1. The summed E-state index contributed by atoms with van der Waals surface area (Å²) in [6.45, 7) is 11.7. The fraction of sp³-hybridized carbons (Fsp3) is 0.733. The molecule has 1 rings (SSSR count). The van der Waals surface area contributed by atoms with E-state index in [1.165, 1.54) is 0 Å². The number of hydrogen-bond acceptors (Lipinski definition) is 4. The molecule has 0 aliphatic rings. The van der Waals surface area contributed by atoms with Crippen molar-refractivity contribution >= 4 is 11.6 Å². The van der Waals surface area contributed by atoms with Crippen molar-refractivity contribution in [3.63, 3.8) is 0 Å². The number of anilines is 2. The zero-order valence-corrected chi connectivity index (χ0v) is 13.2. The first-order valence-electron chi connectivity index (χ1n) is 7.39. The van der Waals surface area contributed by atoms with Gasteiger partial charge in [-0.1, -0.05) is 27.7 Å². The van der Waals surface area contributed by atoms with Crippen LogP contribution in [0.5, 0.6) is 0 Å². The van der Waals surface area contributed by atoms with Crippen LogP contribution >= 0.6 is 0 Å². The molecule has 0 atom stereocenters. The number of nitrogens with one attached hydrogen (secondary N) is 1. The smallest absolute Gasteiger partial charge is 0.135 e. The van der Waals surface area contributed by atoms with Gasteiger partial charge >= 0.3 is 0 Å². The highest BCUT2D eigenvalue weighted by Crippen LogP contribution is 2.22. The third-order valence-electron chi connectivity index (χ3n) is 3.46. The van der Waals surface area contributed by atoms with Crippen LogP contribution in [0.3, 0.4) is 0 Å². The van der Waals surface area contributed by atoms with E-state index in [2.05, 4.69) is 56.9 Å². The topological polar surface area (TPSA) is 41.0 Å². The summed E-state index contributed by atoms with van der Waals surface area (Å²) >= 11 is 0. The zero-order valence-electron chi connectivity index (χ0n) is 13.2. The maximum atomic E-state index is 4.71. The van der Waals surface area contributed by atoms with E-state index < -0.39 is 0 Å². The molecule has 0 radical (unpaired) electrons. The average molecular weight is 264 g/mol. The summed E-state index contributed by atoms with van der Waals surface area (Å²) < 4.78 is 0. The fourth-order valence-electron chi connectivity index (χ4n) is 2.19. The van der Waals surface area contributed by atoms with Gasteiger partial charge < -0.3 is 10.2 Å². The quantitative estimate of drug-likeness (QED) is 0.816. The molecule has 4 heteroatoms. The molecule has 0 aromatic carbocycles. The van der Waals surface area contributed by atoms with Crippen molar-refractivity contribution in [2.45, 2.75) is 59.4 Å². The Balaban J connectivity index is 3.10. The Morgan fingerprint density at radius 1 is 1.16 bits per heavy atom. The van der Waals surface area contributed by atoms with Crippen LogP contribution < -0.4 is 10.2 Å². The Bertz CT molecular complexity index is 386. The van der Waals surface area contributed by atoms with Gasteiger partial charge in [0.25, 0.3) is 0 Å². The molecule has 0 unspecified atom stereocenters. The van der Waals surface area contributed by atoms with Gasteiger partial charge in [0.2, 0.25) is 0 Å². The van der Waals surface area contributed by atoms with Crippen LogP contribution in [0.15, 0.2) is 6.07 Å². The van der Waals surface area contributed by atoms with Crippen molar-refractivity contribution in [2.75, 3.05) is 23.8 Å². The lowest BCUT2D eigenvalue weighted by Gasteiger charge is -2.28. The third kappa shape index (κ3) is 4.08. The highest BCUT2D eigenvalue weighted by Gasteiger charge is 2.15. The first kappa shape index (κ1) is 15.7. The number of nitrogens with zero attached hydrogens (tertiary/aromatic N) is 3. The lowest BCUT2D eigenvalue weighted by Crippen LogP contribution is -2.31. The summed E-state index contributed by atoms with van der Waals surface area (Å²) in [5, 5.41) is 3.30. The number of aromatic nitrogens is 2. The molecule has 0 spiro atoms. The van der Waals surface area contributed by atoms with Gasteiger partial charge in [0, 0.05) is 31.6 Å². The second-order valence-corrected chi connectivity index (χ2v) is 5.24. The van der Waals surface area contributed by atoms with Gasteiger partial charge in [0.1, 0.15) is 17.5 Å². The Kier molecular flexibility index (Phi) is 6.06. The molecule has 0 bridgehead atoms. The minimum atomic E-state index is 0.340. The van der Waals surface area contributed by atoms with Gasteiger partial charge in [0.05, 0.1) is 0 Å². The maximum absolute atomic E-state index is 4.71. The molecule has 0 saturated carbocycles. The normalized spacial score (nSPS) is 11.2. The van der Waals surface area contributed by atoms with E-state index in [9.17, 15) is 0 Å². The Morgan fingerprint density at radius 3 is 2.26 bits per heavy atom. The van der Waals surface area contributed by atoms with Crippen molar-refractivity contribution in [2.24, 2.45) is 0 Å². The van der Waals surface area contributed by atoms with Crippen molar-refractivity contribution in [3.05, 3.63) is 11.9 Å². The molecule has 0 amide bonds. The van der Waals surface area contributed by atoms with E-state index in [1.807, 2.05) is 6.07 Å². The first-order chi connectivity index (χ1) is 9.03. The minimum Gasteiger partial charge on any atom is -0.370 e. The molecular weight excluding hydrogens is 236 g/mol. The van der Waals surface area contributed by atoms with Gasteiger partial charge in [-0.2, -0.15) is 0 Å². The summed E-state index contributed by atoms with van der Waals surface area (Å²) in [6, 6.07) is 2.58. The van der Waals surface area contributed by atoms with Gasteiger partial charge in [-0.15, -0.1) is 0 Å². The lowest BCUT2D eigenvalue weighted by molar-refractivity contribution is 0.584. The van der Waals surface area contributed by atoms with Crippen LogP contribution in [0.1, 0.15) is 59.2 Å². The van der Waals surface area contributed by atoms with Crippen molar-refractivity contribution in [3.8, 4) is 0 Å². The van der Waals surface area contributed by atoms with Crippen LogP contribution in [0.25, 0.3) is 0 Å². The first-order valence-corrected chi connectivity index (χ1v) is 7.39. The molecule has 0 aliphatic carbocycles. The van der Waals surface area contributed by atoms with Crippen molar-refractivity contribution < 1.29 is 0 Å². The molecule has 1 aromatic heterocycles. The Labute approximate surface area is 117 Å². The zero-order chi connectivity index (χ0) is 14.4. The average Bonchev–Trinajstić information content (AvgIpc) is 2.40. The summed E-state index contributed by atoms with van der Waals surface area (Å²) in [6.07, 6.45) is 2.26. The molecule has 1 heterocycles. The van der Waals surface area contributed by atoms with E-state index in [-0.39, 0.29) is 0 Å². The van der Waals surface area contributed by atoms with E-state index in [4.69, 9.17) is 4.98 Å². The summed E-state index contributed by atoms with van der Waals surface area (Å²) in [4.78, 5) is 11.5. The van der Waals surface area contributed by atoms with Crippen LogP contribution in [0.4, 0.5) is 11.6 Å². The summed E-state index contributed by atoms with van der Waals surface area (Å²) in [5.74, 6) is 3.19. The van der Waals surface area contributed by atoms with E-state index in [0.717, 1.165) is 36.8 Å². The second-order valence-electron chi connectivity index (χ2n) is 5.24. The molecule has 0 aliphatic heterocycles. The summed E-state index contributed by atoms with van der Waals surface area (Å²) in [7, 11) is 2.12. The largest absolute Gasteiger partial charge is 0.370 e. The predicted molar refractivity (Wildman–Crippen MR) is 83.1 cm³/mol. The van der Waals surface area contributed by atoms with Gasteiger partial charge in [-0.25, -0.2) is 9.97 Å². The Morgan fingerprint density at radius 2 is 1.79 bits per heavy atom. The fourth-order valence-corrected chi connectivity index (χ4v) is 2.19. The van der Waals surface area contributed by atoms with Gasteiger partial charge in [0.15, 0.2) is 0 Å². The minimum absolute atomic E-state index is 0.340. The monoisotopic (exact) mass is 264 g/mol. The molecule has 19 heavy (non-hydrogen) atoms. The van der Waals surface area contributed by atoms with Crippen LogP contribution in [-0.4, -0.2) is 29.6 Å². The molecular formula is C15H28N4. The second kappa shape index (κ2) is 7.31. The van der Waals surface area contributed by atoms with Crippen LogP contribution in [0, 0.1) is 0 Å². The van der Waals surface area contributed by atoms with Gasteiger partial charge in [-0.3, -0.25) is 0 Å². The van der Waals surface area contributed by atoms with Crippen LogP contribution in [-0.2, 0) is 0 Å². The molecule has 108 valence electrons. The predicted octanol–water partition coefficient (Wildman–Crippen LogP) is 3.66. The maximum Gasteiger partial charge on any atom is 0.135 e. The SMILES string of the molecule is CCNc1cc(N(C)C(CC)CC)nc(C(C)C)n1. The van der Waals surface area contributed by atoms with E-state index in [0.29, 0.717) is 12.0 Å². The summed E-state index contributed by atoms with van der Waals surface area (Å²) in [5.41, 5.74) is 0. The number of hydrogen-bond donors (Lipinski definition) is 1. The molecule has 0 saturated heterocycles. The molecule has 4 nitrogen and oxygen atoms in total. The van der Waals surface area contributed by atoms with Gasteiger partial charge in [-0.05, 0) is 19.8 Å². The Hall–Kier alpha value is -1.32. The van der Waals surface area contributed by atoms with Crippen molar-refractivity contribution in [1.82, 2.24) is 9.97 Å². The third-order valence-corrected chi connectivity index (χ3v) is 3.46. The van der Waals surface area contributed by atoms with E-state index >= 15 is 0 Å². The number of rotatable bonds is 7. The molecule has 0 fully saturated rings. The standard InChI is InChI=1S/C15H28N4/c1-7-12(8-2)19(6)14-10-13(16-9-3)17-15(18-14)11(4)5/h10-12H,7-9H2,1-6H3,(H,16,17,18). The van der Waals surface area contributed by atoms with E-state index in [1.54, 1.807) is 0 Å². The highest BCUT2D eigenvalue weighted by atomic mass is 15.2. The van der Waals surface area contributed by atoms with Crippen molar-refractivity contribution in [1.29, 1.82) is 0 Å². The molecule has 1 aromatic rings. The highest BCUT2D eigenvalue weighted by molar-refractivity contribution is 5.49. The van der Waals surface area contributed by atoms with Crippen LogP contribution in [0.2, 0.25) is 0 Å². The molecule has 1 N–H and O–H groups in total.